The number of rotatable bonds is 9. The molecule has 0 aliphatic carbocycles. The monoisotopic (exact) mass is 579 g/mol. The second-order valence-electron chi connectivity index (χ2n) is 9.55. The number of methoxy groups -OCH3 is 1. The zero-order chi connectivity index (χ0) is 26.2. The highest BCUT2D eigenvalue weighted by atomic mass is 79.9. The van der Waals surface area contributed by atoms with Crippen LogP contribution in [0.3, 0.4) is 0 Å². The molecule has 2 saturated heterocycles. The van der Waals surface area contributed by atoms with E-state index in [1.54, 1.807) is 13.3 Å². The summed E-state index contributed by atoms with van der Waals surface area (Å²) in [7, 11) is 1.63. The van der Waals surface area contributed by atoms with Crippen LogP contribution in [0.4, 0.5) is 17.8 Å². The molecule has 0 unspecified atom stereocenters. The Morgan fingerprint density at radius 3 is 2.08 bits per heavy atom. The van der Waals surface area contributed by atoms with Gasteiger partial charge in [0, 0.05) is 30.7 Å². The molecule has 38 heavy (non-hydrogen) atoms. The van der Waals surface area contributed by atoms with Crippen molar-refractivity contribution >= 4 is 40.0 Å². The molecule has 0 atom stereocenters. The molecule has 0 spiro atoms. The van der Waals surface area contributed by atoms with Crippen LogP contribution in [-0.2, 0) is 6.61 Å². The van der Waals surface area contributed by atoms with Crippen LogP contribution in [0.25, 0.3) is 0 Å². The van der Waals surface area contributed by atoms with Gasteiger partial charge in [0.05, 0.1) is 13.3 Å². The Hall–Kier alpha value is -3.40. The number of hydrogen-bond acceptors (Lipinski definition) is 9. The summed E-state index contributed by atoms with van der Waals surface area (Å²) in [5.74, 6) is 3.24. The maximum absolute atomic E-state index is 5.99. The van der Waals surface area contributed by atoms with Gasteiger partial charge in [-0.05, 0) is 80.0 Å². The van der Waals surface area contributed by atoms with E-state index in [0.717, 1.165) is 79.4 Å². The number of hydrazone groups is 1. The maximum Gasteiger partial charge on any atom is 0.250 e. The normalized spacial score (nSPS) is 16.1. The minimum Gasteiger partial charge on any atom is -0.493 e. The van der Waals surface area contributed by atoms with E-state index in [1.165, 1.54) is 12.8 Å². The van der Waals surface area contributed by atoms with Gasteiger partial charge in [-0.15, -0.1) is 0 Å². The number of halogens is 1. The Morgan fingerprint density at radius 2 is 1.47 bits per heavy atom. The van der Waals surface area contributed by atoms with Gasteiger partial charge in [-0.3, -0.25) is 0 Å². The molecule has 1 N–H and O–H groups in total. The van der Waals surface area contributed by atoms with Gasteiger partial charge in [0.15, 0.2) is 11.5 Å². The number of aromatic nitrogens is 3. The molecule has 10 heteroatoms. The lowest BCUT2D eigenvalue weighted by molar-refractivity contribution is 0.284. The number of benzene rings is 2. The summed E-state index contributed by atoms with van der Waals surface area (Å²) in [6.45, 7) is 4.35. The Bertz CT molecular complexity index is 1190. The Balaban J connectivity index is 1.28. The third-order valence-corrected chi connectivity index (χ3v) is 7.29. The van der Waals surface area contributed by atoms with E-state index in [0.29, 0.717) is 24.1 Å². The fourth-order valence-electron chi connectivity index (χ4n) is 4.66. The lowest BCUT2D eigenvalue weighted by atomic mass is 10.1. The number of ether oxygens (including phenoxy) is 2. The lowest BCUT2D eigenvalue weighted by Gasteiger charge is -2.30. The van der Waals surface area contributed by atoms with Crippen LogP contribution < -0.4 is 24.7 Å². The van der Waals surface area contributed by atoms with Crippen molar-refractivity contribution in [3.63, 3.8) is 0 Å². The molecule has 2 aliphatic rings. The lowest BCUT2D eigenvalue weighted by Crippen LogP contribution is -2.34. The van der Waals surface area contributed by atoms with Gasteiger partial charge in [0.2, 0.25) is 17.8 Å². The van der Waals surface area contributed by atoms with Gasteiger partial charge in [-0.25, -0.2) is 5.43 Å². The van der Waals surface area contributed by atoms with Crippen LogP contribution in [-0.4, -0.2) is 54.5 Å². The van der Waals surface area contributed by atoms with Crippen molar-refractivity contribution in [2.45, 2.75) is 45.1 Å². The molecule has 3 heterocycles. The molecular formula is C28H34BrN7O2. The van der Waals surface area contributed by atoms with Crippen LogP contribution in [0, 0.1) is 0 Å². The molecule has 2 fully saturated rings. The van der Waals surface area contributed by atoms with Gasteiger partial charge in [-0.2, -0.15) is 20.1 Å². The topological polar surface area (TPSA) is 88.0 Å². The van der Waals surface area contributed by atoms with Gasteiger partial charge >= 0.3 is 0 Å². The molecule has 0 amide bonds. The van der Waals surface area contributed by atoms with E-state index in [2.05, 4.69) is 36.3 Å². The van der Waals surface area contributed by atoms with Gasteiger partial charge in [-0.1, -0.05) is 28.1 Å². The van der Waals surface area contributed by atoms with E-state index in [1.807, 2.05) is 42.5 Å². The molecule has 1 aromatic heterocycles. The minimum absolute atomic E-state index is 0.455. The molecule has 0 bridgehead atoms. The molecule has 2 aromatic carbocycles. The Kier molecular flexibility index (Phi) is 8.90. The molecule has 0 radical (unpaired) electrons. The van der Waals surface area contributed by atoms with E-state index in [9.17, 15) is 0 Å². The van der Waals surface area contributed by atoms with E-state index >= 15 is 0 Å². The number of piperidine rings is 2. The molecule has 0 saturated carbocycles. The highest BCUT2D eigenvalue weighted by Crippen LogP contribution is 2.29. The quantitative estimate of drug-likeness (QED) is 0.257. The SMILES string of the molecule is COc1cc(C=NNc2nc(N3CCCCC3)nc(N3CCCCC3)n2)ccc1OCc1ccc(Br)cc1. The third kappa shape index (κ3) is 6.92. The average Bonchev–Trinajstić information content (AvgIpc) is 2.98. The van der Waals surface area contributed by atoms with Crippen molar-refractivity contribution in [3.05, 3.63) is 58.1 Å². The number of hydrogen-bond donors (Lipinski definition) is 1. The van der Waals surface area contributed by atoms with Crippen LogP contribution in [0.15, 0.2) is 52.0 Å². The first kappa shape index (κ1) is 26.2. The number of nitrogens with zero attached hydrogens (tertiary/aromatic N) is 6. The second-order valence-corrected chi connectivity index (χ2v) is 10.5. The molecule has 3 aromatic rings. The second kappa shape index (κ2) is 12.9. The van der Waals surface area contributed by atoms with Crippen molar-refractivity contribution in [3.8, 4) is 11.5 Å². The van der Waals surface area contributed by atoms with E-state index < -0.39 is 0 Å². The fraction of sp³-hybridized carbons (Fsp3) is 0.429. The predicted octanol–water partition coefficient (Wildman–Crippen LogP) is 5.65. The largest absolute Gasteiger partial charge is 0.493 e. The number of nitrogens with one attached hydrogen (secondary N) is 1. The zero-order valence-electron chi connectivity index (χ0n) is 21.8. The maximum atomic E-state index is 5.99. The Labute approximate surface area is 232 Å². The highest BCUT2D eigenvalue weighted by Gasteiger charge is 2.20. The van der Waals surface area contributed by atoms with Gasteiger partial charge in [0.25, 0.3) is 0 Å². The van der Waals surface area contributed by atoms with Crippen molar-refractivity contribution in [2.75, 3.05) is 48.5 Å². The van der Waals surface area contributed by atoms with Crippen molar-refractivity contribution in [1.29, 1.82) is 0 Å². The van der Waals surface area contributed by atoms with Crippen LogP contribution in [0.1, 0.15) is 49.7 Å². The summed E-state index contributed by atoms with van der Waals surface area (Å²) in [6.07, 6.45) is 8.90. The molecule has 5 rings (SSSR count). The van der Waals surface area contributed by atoms with Crippen molar-refractivity contribution in [1.82, 2.24) is 15.0 Å². The fourth-order valence-corrected chi connectivity index (χ4v) is 4.93. The van der Waals surface area contributed by atoms with Crippen LogP contribution >= 0.6 is 15.9 Å². The first-order valence-electron chi connectivity index (χ1n) is 13.3. The Morgan fingerprint density at radius 1 is 0.842 bits per heavy atom. The number of anilines is 3. The summed E-state index contributed by atoms with van der Waals surface area (Å²) < 4.78 is 12.6. The minimum atomic E-state index is 0.455. The van der Waals surface area contributed by atoms with Gasteiger partial charge < -0.3 is 19.3 Å². The summed E-state index contributed by atoms with van der Waals surface area (Å²) in [4.78, 5) is 18.7. The average molecular weight is 581 g/mol. The standard InChI is InChI=1S/C28H34BrN7O2/c1-37-25-18-22(10-13-24(25)38-20-21-8-11-23(29)12-9-21)19-30-34-26-31-27(35-14-4-2-5-15-35)33-28(32-26)36-16-6-3-7-17-36/h8-13,18-19H,2-7,14-17,20H2,1H3,(H,31,32,33,34). The molecule has 200 valence electrons. The molecular weight excluding hydrogens is 546 g/mol. The summed E-state index contributed by atoms with van der Waals surface area (Å²) >= 11 is 3.46. The smallest absolute Gasteiger partial charge is 0.250 e. The van der Waals surface area contributed by atoms with E-state index in [-0.39, 0.29) is 0 Å². The predicted molar refractivity (Wildman–Crippen MR) is 155 cm³/mol. The van der Waals surface area contributed by atoms with Crippen LogP contribution in [0.2, 0.25) is 0 Å². The summed E-state index contributed by atoms with van der Waals surface area (Å²) in [5, 5.41) is 4.43. The van der Waals surface area contributed by atoms with Crippen molar-refractivity contribution < 1.29 is 9.47 Å². The highest BCUT2D eigenvalue weighted by molar-refractivity contribution is 9.10. The van der Waals surface area contributed by atoms with Gasteiger partial charge in [0.1, 0.15) is 6.61 Å². The first-order valence-corrected chi connectivity index (χ1v) is 14.1. The van der Waals surface area contributed by atoms with Crippen molar-refractivity contribution in [2.24, 2.45) is 5.10 Å². The summed E-state index contributed by atoms with van der Waals surface area (Å²) in [6, 6.07) is 13.8. The first-order chi connectivity index (χ1) is 18.7. The summed E-state index contributed by atoms with van der Waals surface area (Å²) in [5.41, 5.74) is 4.98. The van der Waals surface area contributed by atoms with Crippen LogP contribution in [0.5, 0.6) is 11.5 Å². The molecule has 9 nitrogen and oxygen atoms in total. The van der Waals surface area contributed by atoms with E-state index in [4.69, 9.17) is 24.4 Å². The molecule has 2 aliphatic heterocycles. The third-order valence-electron chi connectivity index (χ3n) is 6.76. The zero-order valence-corrected chi connectivity index (χ0v) is 23.4.